The number of carbonyl (C=O) groups is 3. The van der Waals surface area contributed by atoms with Crippen LogP contribution in [-0.2, 0) is 14.4 Å². The average molecular weight is 512 g/mol. The minimum absolute atomic E-state index is 0.102. The molecule has 13 heteroatoms. The smallest absolute Gasteiger partial charge is 0.475 e. The van der Waals surface area contributed by atoms with Gasteiger partial charge in [-0.3, -0.25) is 14.7 Å². The van der Waals surface area contributed by atoms with E-state index in [0.717, 1.165) is 10.9 Å². The highest BCUT2D eigenvalue weighted by Crippen LogP contribution is 2.24. The fourth-order valence-electron chi connectivity index (χ4n) is 3.48. The molecule has 0 spiro atoms. The number of nitrogens with two attached hydrogens (primary N) is 1. The number of hydrogen-bond donors (Lipinski definition) is 4. The first-order valence-corrected chi connectivity index (χ1v) is 10.7. The van der Waals surface area contributed by atoms with Gasteiger partial charge in [-0.25, -0.2) is 4.79 Å². The molecular weight excluding hydrogens is 491 g/mol. The molecule has 2 amide bonds. The summed E-state index contributed by atoms with van der Waals surface area (Å²) in [5.41, 5.74) is 8.40. The minimum atomic E-state index is -5.08. The van der Waals surface area contributed by atoms with E-state index < -0.39 is 18.2 Å². The summed E-state index contributed by atoms with van der Waals surface area (Å²) in [5.74, 6) is -3.32. The number of H-pyrrole nitrogens is 1. The number of nitrogens with zero attached hydrogens (tertiary/aromatic N) is 2. The van der Waals surface area contributed by atoms with Gasteiger partial charge in [0.25, 0.3) is 0 Å². The molecule has 0 radical (unpaired) electrons. The molecule has 1 aromatic heterocycles. The number of nitrogens with one attached hydrogen (secondary N) is 2. The maximum absolute atomic E-state index is 12.7. The Balaban J connectivity index is 0.000000429. The molecule has 5 N–H and O–H groups in total. The van der Waals surface area contributed by atoms with E-state index >= 15 is 0 Å². The third-order valence-electron chi connectivity index (χ3n) is 5.29. The van der Waals surface area contributed by atoms with Gasteiger partial charge in [-0.15, -0.1) is 0 Å². The zero-order chi connectivity index (χ0) is 25.8. The molecule has 35 heavy (non-hydrogen) atoms. The summed E-state index contributed by atoms with van der Waals surface area (Å²) >= 11 is 5.98. The molecule has 2 unspecified atom stereocenters. The van der Waals surface area contributed by atoms with Crippen LogP contribution in [0.5, 0.6) is 0 Å². The van der Waals surface area contributed by atoms with E-state index in [1.54, 1.807) is 35.4 Å². The average Bonchev–Trinajstić information content (AvgIpc) is 3.47. The number of aromatic amines is 1. The molecule has 186 valence electrons. The molecule has 1 fully saturated rings. The van der Waals surface area contributed by atoms with E-state index in [2.05, 4.69) is 15.5 Å². The summed E-state index contributed by atoms with van der Waals surface area (Å²) in [6.07, 6.45) is -2.77. The number of fused-ring (bicyclic) bond motifs is 1. The molecule has 1 aliphatic rings. The van der Waals surface area contributed by atoms with Gasteiger partial charge in [-0.1, -0.05) is 23.7 Å². The van der Waals surface area contributed by atoms with Crippen molar-refractivity contribution >= 4 is 46.0 Å². The van der Waals surface area contributed by atoms with Gasteiger partial charge < -0.3 is 21.1 Å². The summed E-state index contributed by atoms with van der Waals surface area (Å²) in [4.78, 5) is 35.9. The third kappa shape index (κ3) is 6.70. The normalized spacial score (nSPS) is 16.4. The number of carboxylic acid groups (broad SMARTS) is 1. The Bertz CT molecular complexity index is 1230. The minimum Gasteiger partial charge on any atom is -0.475 e. The summed E-state index contributed by atoms with van der Waals surface area (Å²) in [6, 6.07) is 11.7. The molecule has 2 heterocycles. The van der Waals surface area contributed by atoms with Gasteiger partial charge in [0.2, 0.25) is 11.8 Å². The van der Waals surface area contributed by atoms with Gasteiger partial charge in [-0.05, 0) is 42.3 Å². The number of anilines is 1. The number of carbonyl (C=O) groups excluding carboxylic acids is 2. The summed E-state index contributed by atoms with van der Waals surface area (Å²) in [6.45, 7) is 0.860. The molecule has 0 saturated carbocycles. The maximum atomic E-state index is 12.7. The summed E-state index contributed by atoms with van der Waals surface area (Å²) in [5, 5.41) is 18.4. The largest absolute Gasteiger partial charge is 0.490 e. The monoisotopic (exact) mass is 511 g/mol. The molecule has 2 atom stereocenters. The van der Waals surface area contributed by atoms with Crippen LogP contribution < -0.4 is 11.1 Å². The predicted molar refractivity (Wildman–Crippen MR) is 121 cm³/mol. The number of aromatic nitrogens is 2. The molecule has 9 nitrogen and oxygen atoms in total. The lowest BCUT2D eigenvalue weighted by atomic mass is 10.1. The van der Waals surface area contributed by atoms with Crippen molar-refractivity contribution in [3.63, 3.8) is 0 Å². The van der Waals surface area contributed by atoms with E-state index in [-0.39, 0.29) is 17.7 Å². The third-order valence-corrected chi connectivity index (χ3v) is 5.53. The molecule has 4 rings (SSSR count). The topological polar surface area (TPSA) is 141 Å². The number of alkyl halides is 3. The van der Waals surface area contributed by atoms with Crippen LogP contribution in [0.3, 0.4) is 0 Å². The van der Waals surface area contributed by atoms with Crippen molar-refractivity contribution in [2.75, 3.05) is 18.4 Å². The Morgan fingerprint density at radius 1 is 1.23 bits per heavy atom. The Kier molecular flexibility index (Phi) is 7.97. The molecular formula is C22H21ClF3N5O4. The second-order valence-electron chi connectivity index (χ2n) is 7.77. The lowest BCUT2D eigenvalue weighted by Gasteiger charge is -2.21. The number of carboxylic acids is 1. The van der Waals surface area contributed by atoms with Crippen LogP contribution in [0.4, 0.5) is 18.9 Å². The predicted octanol–water partition coefficient (Wildman–Crippen LogP) is 3.34. The highest BCUT2D eigenvalue weighted by molar-refractivity contribution is 6.30. The Morgan fingerprint density at radius 3 is 2.60 bits per heavy atom. The van der Waals surface area contributed by atoms with Crippen LogP contribution in [-0.4, -0.2) is 57.3 Å². The lowest BCUT2D eigenvalue weighted by Crippen LogP contribution is -2.38. The van der Waals surface area contributed by atoms with Crippen LogP contribution in [0.25, 0.3) is 10.9 Å². The number of benzene rings is 2. The number of halogens is 4. The van der Waals surface area contributed by atoms with Crippen LogP contribution in [0.2, 0.25) is 5.02 Å². The standard InChI is InChI=1S/C20H20ClN5O2.C2HF3O2/c21-15-3-1-2-12(8-15)18(22)20(28)26-7-6-13(11-26)19(27)24-16-4-5-17-14(9-16)10-23-25-17;3-2(4,5)1(6)7/h1-5,8-10,13,18H,6-7,11,22H2,(H,23,25)(H,24,27);(H,6,7). The first-order valence-electron chi connectivity index (χ1n) is 10.3. The van der Waals surface area contributed by atoms with Crippen molar-refractivity contribution in [1.29, 1.82) is 0 Å². The number of aliphatic carboxylic acids is 1. The quantitative estimate of drug-likeness (QED) is 0.423. The molecule has 0 bridgehead atoms. The Morgan fingerprint density at radius 2 is 1.94 bits per heavy atom. The van der Waals surface area contributed by atoms with Crippen molar-refractivity contribution < 1.29 is 32.7 Å². The van der Waals surface area contributed by atoms with Gasteiger partial charge in [0.1, 0.15) is 6.04 Å². The zero-order valence-corrected chi connectivity index (χ0v) is 18.8. The van der Waals surface area contributed by atoms with Crippen molar-refractivity contribution in [3.8, 4) is 0 Å². The van der Waals surface area contributed by atoms with E-state index in [0.29, 0.717) is 35.8 Å². The van der Waals surface area contributed by atoms with Crippen LogP contribution >= 0.6 is 11.6 Å². The van der Waals surface area contributed by atoms with Crippen LogP contribution in [0.1, 0.15) is 18.0 Å². The van der Waals surface area contributed by atoms with Gasteiger partial charge in [0.05, 0.1) is 17.6 Å². The van der Waals surface area contributed by atoms with Crippen LogP contribution in [0.15, 0.2) is 48.7 Å². The Hall–Kier alpha value is -3.64. The fourth-order valence-corrected chi connectivity index (χ4v) is 3.68. The first kappa shape index (κ1) is 26.0. The highest BCUT2D eigenvalue weighted by Gasteiger charge is 2.38. The fraction of sp³-hybridized carbons (Fsp3) is 0.273. The van der Waals surface area contributed by atoms with Crippen LogP contribution in [0, 0.1) is 5.92 Å². The van der Waals surface area contributed by atoms with Gasteiger partial charge >= 0.3 is 12.1 Å². The zero-order valence-electron chi connectivity index (χ0n) is 18.1. The molecule has 0 aliphatic carbocycles. The van der Waals surface area contributed by atoms with E-state index in [1.807, 2.05) is 18.2 Å². The molecule has 3 aromatic rings. The maximum Gasteiger partial charge on any atom is 0.490 e. The van der Waals surface area contributed by atoms with E-state index in [9.17, 15) is 22.8 Å². The second kappa shape index (κ2) is 10.7. The van der Waals surface area contributed by atoms with Crippen molar-refractivity contribution in [2.45, 2.75) is 18.6 Å². The number of rotatable bonds is 4. The SMILES string of the molecule is NC(C(=O)N1CCC(C(=O)Nc2ccc3[nH]ncc3c2)C1)c1cccc(Cl)c1.O=C(O)C(F)(F)F. The van der Waals surface area contributed by atoms with Gasteiger partial charge in [0.15, 0.2) is 0 Å². The number of hydrogen-bond acceptors (Lipinski definition) is 5. The van der Waals surface area contributed by atoms with Crippen molar-refractivity contribution in [2.24, 2.45) is 11.7 Å². The van der Waals surface area contributed by atoms with Gasteiger partial charge in [0, 0.05) is 29.2 Å². The Labute approximate surface area is 202 Å². The second-order valence-corrected chi connectivity index (χ2v) is 8.20. The molecule has 1 aliphatic heterocycles. The highest BCUT2D eigenvalue weighted by atomic mass is 35.5. The van der Waals surface area contributed by atoms with Crippen molar-refractivity contribution in [1.82, 2.24) is 15.1 Å². The molecule has 2 aromatic carbocycles. The molecule has 1 saturated heterocycles. The summed E-state index contributed by atoms with van der Waals surface area (Å²) in [7, 11) is 0. The lowest BCUT2D eigenvalue weighted by molar-refractivity contribution is -0.192. The van der Waals surface area contributed by atoms with E-state index in [1.165, 1.54) is 0 Å². The van der Waals surface area contributed by atoms with Crippen molar-refractivity contribution in [3.05, 3.63) is 59.2 Å². The number of likely N-dealkylation sites (tertiary alicyclic amines) is 1. The van der Waals surface area contributed by atoms with E-state index in [4.69, 9.17) is 27.2 Å². The first-order chi connectivity index (χ1) is 16.5. The number of amides is 2. The van der Waals surface area contributed by atoms with Gasteiger partial charge in [-0.2, -0.15) is 18.3 Å². The summed E-state index contributed by atoms with van der Waals surface area (Å²) < 4.78 is 31.7.